The number of nitrogens with zero attached hydrogens (tertiary/aromatic N) is 2. The van der Waals surface area contributed by atoms with E-state index in [2.05, 4.69) is 4.98 Å². The molecule has 0 radical (unpaired) electrons. The number of carboxylic acids is 1. The minimum atomic E-state index is -4.54. The minimum absolute atomic E-state index is 0.106. The third-order valence-electron chi connectivity index (χ3n) is 3.45. The van der Waals surface area contributed by atoms with Crippen molar-refractivity contribution in [2.45, 2.75) is 12.7 Å². The summed E-state index contributed by atoms with van der Waals surface area (Å²) in [5.41, 5.74) is -0.169. The Bertz CT molecular complexity index is 870. The Balaban J connectivity index is 2.15. The summed E-state index contributed by atoms with van der Waals surface area (Å²) in [7, 11) is 0. The first-order chi connectivity index (χ1) is 10.9. The van der Waals surface area contributed by atoms with E-state index in [9.17, 15) is 23.1 Å². The molecule has 0 atom stereocenters. The zero-order valence-corrected chi connectivity index (χ0v) is 11.7. The third-order valence-corrected chi connectivity index (χ3v) is 3.45. The largest absolute Gasteiger partial charge is 0.543 e. The highest BCUT2D eigenvalue weighted by Crippen LogP contribution is 2.31. The zero-order chi connectivity index (χ0) is 16.6. The zero-order valence-electron chi connectivity index (χ0n) is 11.7. The van der Waals surface area contributed by atoms with E-state index in [1.165, 1.54) is 4.57 Å². The maximum Gasteiger partial charge on any atom is 0.417 e. The molecule has 4 nitrogen and oxygen atoms in total. The van der Waals surface area contributed by atoms with Crippen LogP contribution in [-0.4, -0.2) is 15.5 Å². The lowest BCUT2D eigenvalue weighted by Gasteiger charge is -2.11. The first-order valence-corrected chi connectivity index (χ1v) is 6.68. The Labute approximate surface area is 128 Å². The smallest absolute Gasteiger partial charge is 0.417 e. The van der Waals surface area contributed by atoms with Crippen molar-refractivity contribution in [1.82, 2.24) is 9.55 Å². The summed E-state index contributed by atoms with van der Waals surface area (Å²) in [6, 6.07) is 11.0. The van der Waals surface area contributed by atoms with Crippen LogP contribution in [0.5, 0.6) is 0 Å². The van der Waals surface area contributed by atoms with Gasteiger partial charge in [0.05, 0.1) is 17.2 Å². The number of hydrogen-bond donors (Lipinski definition) is 0. The second kappa shape index (κ2) is 5.42. The average Bonchev–Trinajstić information content (AvgIpc) is 2.86. The Morgan fingerprint density at radius 3 is 2.48 bits per heavy atom. The van der Waals surface area contributed by atoms with Gasteiger partial charge in [0.15, 0.2) is 0 Å². The van der Waals surface area contributed by atoms with Crippen LogP contribution in [-0.2, 0) is 12.7 Å². The molecule has 0 aliphatic carbocycles. The van der Waals surface area contributed by atoms with Crippen LogP contribution in [0, 0.1) is 0 Å². The van der Waals surface area contributed by atoms with Crippen molar-refractivity contribution in [3.05, 3.63) is 65.5 Å². The molecule has 0 saturated heterocycles. The van der Waals surface area contributed by atoms with Gasteiger partial charge in [0.25, 0.3) is 0 Å². The standard InChI is InChI=1S/C16H11F3N2O2/c17-16(18,19)12-6-11-7-13(15(22)23)21(14(11)20-8-12)9-10-4-2-1-3-5-10/h1-8H,9H2,(H,22,23)/p-1. The van der Waals surface area contributed by atoms with Crippen LogP contribution in [0.25, 0.3) is 11.0 Å². The molecule has 2 heterocycles. The van der Waals surface area contributed by atoms with Crippen LogP contribution in [0.1, 0.15) is 21.6 Å². The van der Waals surface area contributed by atoms with Crippen molar-refractivity contribution in [3.63, 3.8) is 0 Å². The summed E-state index contributed by atoms with van der Waals surface area (Å²) in [6.45, 7) is 0.173. The number of fused-ring (bicyclic) bond motifs is 1. The molecule has 3 aromatic rings. The molecule has 0 bridgehead atoms. The number of aromatic carboxylic acids is 1. The van der Waals surface area contributed by atoms with Crippen molar-refractivity contribution < 1.29 is 23.1 Å². The van der Waals surface area contributed by atoms with Crippen LogP contribution < -0.4 is 5.11 Å². The second-order valence-electron chi connectivity index (χ2n) is 5.02. The molecular weight excluding hydrogens is 309 g/mol. The predicted octanol–water partition coefficient (Wildman–Crippen LogP) is 2.47. The van der Waals surface area contributed by atoms with E-state index in [-0.39, 0.29) is 23.3 Å². The van der Waals surface area contributed by atoms with E-state index in [1.54, 1.807) is 24.3 Å². The Hall–Kier alpha value is -2.83. The topological polar surface area (TPSA) is 57.9 Å². The van der Waals surface area contributed by atoms with Crippen molar-refractivity contribution in [3.8, 4) is 0 Å². The number of carboxylic acid groups (broad SMARTS) is 1. The van der Waals surface area contributed by atoms with Crippen molar-refractivity contribution in [2.24, 2.45) is 0 Å². The van der Waals surface area contributed by atoms with E-state index < -0.39 is 17.7 Å². The molecule has 0 aliphatic heterocycles. The van der Waals surface area contributed by atoms with Crippen molar-refractivity contribution in [2.75, 3.05) is 0 Å². The molecular formula is C16H10F3N2O2-. The van der Waals surface area contributed by atoms with Gasteiger partial charge in [-0.15, -0.1) is 0 Å². The minimum Gasteiger partial charge on any atom is -0.543 e. The first kappa shape index (κ1) is 15.1. The summed E-state index contributed by atoms with van der Waals surface area (Å²) in [5.74, 6) is -1.47. The van der Waals surface area contributed by atoms with Gasteiger partial charge in [-0.25, -0.2) is 4.98 Å². The van der Waals surface area contributed by atoms with Gasteiger partial charge < -0.3 is 14.5 Å². The maximum absolute atomic E-state index is 12.8. The number of carbonyl (C=O) groups excluding carboxylic acids is 1. The lowest BCUT2D eigenvalue weighted by atomic mass is 10.2. The fourth-order valence-corrected chi connectivity index (χ4v) is 2.40. The highest BCUT2D eigenvalue weighted by atomic mass is 19.4. The molecule has 0 saturated carbocycles. The highest BCUT2D eigenvalue weighted by Gasteiger charge is 2.31. The molecule has 1 aromatic carbocycles. The Morgan fingerprint density at radius 2 is 1.87 bits per heavy atom. The van der Waals surface area contributed by atoms with Crippen LogP contribution in [0.15, 0.2) is 48.7 Å². The number of aromatic nitrogens is 2. The maximum atomic E-state index is 12.8. The average molecular weight is 319 g/mol. The molecule has 0 spiro atoms. The van der Waals surface area contributed by atoms with Crippen molar-refractivity contribution >= 4 is 17.0 Å². The Kier molecular flexibility index (Phi) is 3.55. The number of carbonyl (C=O) groups is 1. The van der Waals surface area contributed by atoms with Crippen LogP contribution in [0.4, 0.5) is 13.2 Å². The van der Waals surface area contributed by atoms with Crippen LogP contribution in [0.2, 0.25) is 0 Å². The SMILES string of the molecule is O=C([O-])c1cc2cc(C(F)(F)F)cnc2n1Cc1ccccc1. The normalized spacial score (nSPS) is 11.8. The third kappa shape index (κ3) is 2.90. The second-order valence-corrected chi connectivity index (χ2v) is 5.02. The van der Waals surface area contributed by atoms with Crippen LogP contribution in [0.3, 0.4) is 0 Å². The van der Waals surface area contributed by atoms with Gasteiger partial charge in [0.2, 0.25) is 0 Å². The monoisotopic (exact) mass is 319 g/mol. The van der Waals surface area contributed by atoms with Gasteiger partial charge in [-0.3, -0.25) is 0 Å². The van der Waals surface area contributed by atoms with E-state index in [4.69, 9.17) is 0 Å². The van der Waals surface area contributed by atoms with Gasteiger partial charge in [-0.1, -0.05) is 30.3 Å². The van der Waals surface area contributed by atoms with E-state index in [1.807, 2.05) is 6.07 Å². The quantitative estimate of drug-likeness (QED) is 0.745. The van der Waals surface area contributed by atoms with Crippen LogP contribution >= 0.6 is 0 Å². The predicted molar refractivity (Wildman–Crippen MR) is 74.6 cm³/mol. The lowest BCUT2D eigenvalue weighted by Crippen LogP contribution is -2.25. The molecule has 0 aliphatic rings. The highest BCUT2D eigenvalue weighted by molar-refractivity contribution is 5.92. The molecule has 3 rings (SSSR count). The molecule has 23 heavy (non-hydrogen) atoms. The molecule has 0 fully saturated rings. The van der Waals surface area contributed by atoms with Gasteiger partial charge in [-0.2, -0.15) is 13.2 Å². The number of halogens is 3. The van der Waals surface area contributed by atoms with Gasteiger partial charge in [0.1, 0.15) is 5.65 Å². The molecule has 0 unspecified atom stereocenters. The van der Waals surface area contributed by atoms with Gasteiger partial charge in [0, 0.05) is 18.1 Å². The Morgan fingerprint density at radius 1 is 1.17 bits per heavy atom. The lowest BCUT2D eigenvalue weighted by molar-refractivity contribution is -0.255. The van der Waals surface area contributed by atoms with E-state index in [0.29, 0.717) is 6.20 Å². The van der Waals surface area contributed by atoms with E-state index >= 15 is 0 Å². The summed E-state index contributed by atoms with van der Waals surface area (Å²) >= 11 is 0. The fraction of sp³-hybridized carbons (Fsp3) is 0.125. The number of rotatable bonds is 3. The number of hydrogen-bond acceptors (Lipinski definition) is 3. The molecule has 118 valence electrons. The van der Waals surface area contributed by atoms with Gasteiger partial charge in [-0.05, 0) is 17.7 Å². The summed E-state index contributed by atoms with van der Waals surface area (Å²) in [5, 5.41) is 11.4. The molecule has 7 heteroatoms. The first-order valence-electron chi connectivity index (χ1n) is 6.68. The van der Waals surface area contributed by atoms with E-state index in [0.717, 1.165) is 17.7 Å². The molecule has 0 amide bonds. The number of pyridine rings is 1. The number of alkyl halides is 3. The summed E-state index contributed by atoms with van der Waals surface area (Å²) in [4.78, 5) is 15.1. The summed E-state index contributed by atoms with van der Waals surface area (Å²) in [6.07, 6.45) is -3.84. The summed E-state index contributed by atoms with van der Waals surface area (Å²) < 4.78 is 39.6. The van der Waals surface area contributed by atoms with Crippen molar-refractivity contribution in [1.29, 1.82) is 0 Å². The fourth-order valence-electron chi connectivity index (χ4n) is 2.40. The van der Waals surface area contributed by atoms with Gasteiger partial charge >= 0.3 is 6.18 Å². The molecule has 0 N–H and O–H groups in total. The molecule has 2 aromatic heterocycles. The number of benzene rings is 1.